The van der Waals surface area contributed by atoms with Crippen molar-refractivity contribution in [1.29, 1.82) is 0 Å². The highest BCUT2D eigenvalue weighted by atomic mass is 35.5. The van der Waals surface area contributed by atoms with Crippen molar-refractivity contribution >= 4 is 50.4 Å². The Morgan fingerprint density at radius 1 is 1.21 bits per heavy atom. The summed E-state index contributed by atoms with van der Waals surface area (Å²) < 4.78 is 1.36. The van der Waals surface area contributed by atoms with Crippen molar-refractivity contribution in [1.82, 2.24) is 14.9 Å². The van der Waals surface area contributed by atoms with Gasteiger partial charge in [0.2, 0.25) is 5.91 Å². The van der Waals surface area contributed by atoms with Gasteiger partial charge in [-0.2, -0.15) is 0 Å². The first-order valence-corrected chi connectivity index (χ1v) is 10.8. The summed E-state index contributed by atoms with van der Waals surface area (Å²) in [7, 11) is 0. The number of nitrogens with one attached hydrogen (secondary N) is 1. The van der Waals surface area contributed by atoms with Crippen LogP contribution in [0.4, 0.5) is 0 Å². The van der Waals surface area contributed by atoms with Crippen LogP contribution in [0.3, 0.4) is 0 Å². The number of aromatic nitrogens is 2. The van der Waals surface area contributed by atoms with E-state index in [1.54, 1.807) is 11.3 Å². The third-order valence-corrected chi connectivity index (χ3v) is 6.31. The highest BCUT2D eigenvalue weighted by molar-refractivity contribution is 7.18. The lowest BCUT2D eigenvalue weighted by Crippen LogP contribution is -2.33. The van der Waals surface area contributed by atoms with Crippen molar-refractivity contribution in [2.75, 3.05) is 6.54 Å². The van der Waals surface area contributed by atoms with Gasteiger partial charge in [-0.15, -0.1) is 22.7 Å². The molecule has 28 heavy (non-hydrogen) atoms. The number of carbonyl (C=O) groups excluding carboxylic acids is 1. The van der Waals surface area contributed by atoms with E-state index < -0.39 is 0 Å². The monoisotopic (exact) mass is 429 g/mol. The maximum atomic E-state index is 12.9. The van der Waals surface area contributed by atoms with Crippen molar-refractivity contribution in [2.45, 2.75) is 13.0 Å². The largest absolute Gasteiger partial charge is 0.354 e. The van der Waals surface area contributed by atoms with Crippen molar-refractivity contribution < 1.29 is 4.79 Å². The molecular formula is C20H16ClN3O2S2. The second-order valence-corrected chi connectivity index (χ2v) is 8.46. The zero-order chi connectivity index (χ0) is 19.5. The highest BCUT2D eigenvalue weighted by Crippen LogP contribution is 2.33. The zero-order valence-corrected chi connectivity index (χ0v) is 17.1. The van der Waals surface area contributed by atoms with Crippen LogP contribution >= 0.6 is 34.3 Å². The lowest BCUT2D eigenvalue weighted by Gasteiger charge is -2.08. The molecule has 0 aliphatic heterocycles. The first-order chi connectivity index (χ1) is 13.6. The van der Waals surface area contributed by atoms with Crippen LogP contribution in [-0.4, -0.2) is 22.0 Å². The summed E-state index contributed by atoms with van der Waals surface area (Å²) in [6, 6.07) is 11.5. The third kappa shape index (κ3) is 4.01. The molecule has 0 saturated carbocycles. The second kappa shape index (κ2) is 8.26. The molecule has 0 radical (unpaired) electrons. The summed E-state index contributed by atoms with van der Waals surface area (Å²) in [4.78, 5) is 31.3. The molecule has 0 fully saturated rings. The average molecular weight is 430 g/mol. The van der Waals surface area contributed by atoms with Gasteiger partial charge in [0, 0.05) is 27.4 Å². The van der Waals surface area contributed by atoms with Gasteiger partial charge >= 0.3 is 0 Å². The molecule has 142 valence electrons. The van der Waals surface area contributed by atoms with Crippen LogP contribution in [0, 0.1) is 0 Å². The zero-order valence-electron chi connectivity index (χ0n) is 14.7. The third-order valence-electron chi connectivity index (χ3n) is 4.29. The van der Waals surface area contributed by atoms with Crippen LogP contribution in [0.15, 0.2) is 58.3 Å². The van der Waals surface area contributed by atoms with E-state index in [0.29, 0.717) is 28.2 Å². The summed E-state index contributed by atoms with van der Waals surface area (Å²) >= 11 is 8.98. The van der Waals surface area contributed by atoms with Gasteiger partial charge < -0.3 is 5.32 Å². The van der Waals surface area contributed by atoms with Gasteiger partial charge in [0.1, 0.15) is 11.4 Å². The molecule has 5 nitrogen and oxygen atoms in total. The van der Waals surface area contributed by atoms with Crippen molar-refractivity contribution in [3.05, 3.63) is 74.4 Å². The minimum Gasteiger partial charge on any atom is -0.354 e. The van der Waals surface area contributed by atoms with E-state index in [2.05, 4.69) is 10.3 Å². The van der Waals surface area contributed by atoms with E-state index in [1.165, 1.54) is 22.2 Å². The number of thiophene rings is 2. The first-order valence-electron chi connectivity index (χ1n) is 8.63. The fourth-order valence-corrected chi connectivity index (χ4v) is 4.88. The molecule has 4 aromatic rings. The average Bonchev–Trinajstić information content (AvgIpc) is 3.33. The minimum atomic E-state index is -0.224. The molecule has 0 aliphatic carbocycles. The predicted octanol–water partition coefficient (Wildman–Crippen LogP) is 4.20. The molecular weight excluding hydrogens is 414 g/mol. The van der Waals surface area contributed by atoms with Crippen LogP contribution in [0.1, 0.15) is 5.56 Å². The molecule has 1 aromatic carbocycles. The number of benzene rings is 1. The Morgan fingerprint density at radius 3 is 2.89 bits per heavy atom. The second-order valence-electron chi connectivity index (χ2n) is 6.21. The normalized spacial score (nSPS) is 11.0. The highest BCUT2D eigenvalue weighted by Gasteiger charge is 2.15. The van der Waals surface area contributed by atoms with Gasteiger partial charge in [-0.05, 0) is 35.6 Å². The molecule has 0 unspecified atom stereocenters. The number of carbonyl (C=O) groups is 1. The standard InChI is InChI=1S/C20H16ClN3O2S2/c21-14-4-1-3-13(9-14)6-7-22-17(25)10-24-12-23-19-18(20(24)26)15(11-28-19)16-5-2-8-27-16/h1-5,8-9,11-12H,6-7,10H2,(H,22,25). The summed E-state index contributed by atoms with van der Waals surface area (Å²) in [5, 5.41) is 8.01. The summed E-state index contributed by atoms with van der Waals surface area (Å²) in [6.07, 6.45) is 2.11. The van der Waals surface area contributed by atoms with E-state index in [4.69, 9.17) is 11.6 Å². The summed E-state index contributed by atoms with van der Waals surface area (Å²) in [5.41, 5.74) is 1.73. The van der Waals surface area contributed by atoms with Crippen molar-refractivity contribution in [2.24, 2.45) is 0 Å². The van der Waals surface area contributed by atoms with Gasteiger partial charge in [0.25, 0.3) is 5.56 Å². The number of amides is 1. The maximum absolute atomic E-state index is 12.9. The Kier molecular flexibility index (Phi) is 5.57. The Bertz CT molecular complexity index is 1180. The summed E-state index contributed by atoms with van der Waals surface area (Å²) in [6.45, 7) is 0.416. The molecule has 0 bridgehead atoms. The van der Waals surface area contributed by atoms with E-state index >= 15 is 0 Å². The number of rotatable bonds is 6. The van der Waals surface area contributed by atoms with Gasteiger partial charge in [-0.3, -0.25) is 14.2 Å². The molecule has 1 N–H and O–H groups in total. The summed E-state index contributed by atoms with van der Waals surface area (Å²) in [5.74, 6) is -0.224. The lowest BCUT2D eigenvalue weighted by atomic mass is 10.1. The smallest absolute Gasteiger partial charge is 0.263 e. The number of hydrogen-bond acceptors (Lipinski definition) is 5. The van der Waals surface area contributed by atoms with Gasteiger partial charge in [0.15, 0.2) is 0 Å². The Morgan fingerprint density at radius 2 is 2.11 bits per heavy atom. The van der Waals surface area contributed by atoms with Crippen LogP contribution in [0.25, 0.3) is 20.7 Å². The molecule has 0 spiro atoms. The number of halogens is 1. The molecule has 3 aromatic heterocycles. The molecule has 4 rings (SSSR count). The number of nitrogens with zero attached hydrogens (tertiary/aromatic N) is 2. The molecule has 8 heteroatoms. The Hall–Kier alpha value is -2.48. The van der Waals surface area contributed by atoms with Gasteiger partial charge in [-0.25, -0.2) is 4.98 Å². The van der Waals surface area contributed by atoms with Crippen molar-refractivity contribution in [3.8, 4) is 10.4 Å². The molecule has 1 amide bonds. The van der Waals surface area contributed by atoms with E-state index in [-0.39, 0.29) is 18.0 Å². The quantitative estimate of drug-likeness (QED) is 0.499. The van der Waals surface area contributed by atoms with Crippen LogP contribution < -0.4 is 10.9 Å². The predicted molar refractivity (Wildman–Crippen MR) is 115 cm³/mol. The van der Waals surface area contributed by atoms with E-state index in [1.807, 2.05) is 47.2 Å². The van der Waals surface area contributed by atoms with Crippen molar-refractivity contribution in [3.63, 3.8) is 0 Å². The Balaban J connectivity index is 1.47. The molecule has 0 atom stereocenters. The number of hydrogen-bond donors (Lipinski definition) is 1. The Labute approximate surface area is 174 Å². The maximum Gasteiger partial charge on any atom is 0.263 e. The fourth-order valence-electron chi connectivity index (χ4n) is 2.94. The first kappa shape index (κ1) is 18.9. The van der Waals surface area contributed by atoms with Crippen LogP contribution in [-0.2, 0) is 17.8 Å². The topological polar surface area (TPSA) is 64.0 Å². The molecule has 3 heterocycles. The molecule has 0 saturated heterocycles. The van der Waals surface area contributed by atoms with E-state index in [9.17, 15) is 9.59 Å². The van der Waals surface area contributed by atoms with Crippen LogP contribution in [0.2, 0.25) is 5.02 Å². The van der Waals surface area contributed by atoms with Gasteiger partial charge in [0.05, 0.1) is 11.7 Å². The van der Waals surface area contributed by atoms with Crippen LogP contribution in [0.5, 0.6) is 0 Å². The SMILES string of the molecule is O=C(Cn1cnc2scc(-c3cccs3)c2c1=O)NCCc1cccc(Cl)c1. The van der Waals surface area contributed by atoms with Gasteiger partial charge in [-0.1, -0.05) is 29.8 Å². The minimum absolute atomic E-state index is 0.0585. The molecule has 0 aliphatic rings. The number of fused-ring (bicyclic) bond motifs is 1. The fraction of sp³-hybridized carbons (Fsp3) is 0.150. The lowest BCUT2D eigenvalue weighted by molar-refractivity contribution is -0.121. The van der Waals surface area contributed by atoms with E-state index in [0.717, 1.165) is 16.0 Å².